The van der Waals surface area contributed by atoms with Crippen molar-refractivity contribution in [3.8, 4) is 0 Å². The highest BCUT2D eigenvalue weighted by Gasteiger charge is 2.10. The first-order valence-corrected chi connectivity index (χ1v) is 9.05. The van der Waals surface area contributed by atoms with Crippen LogP contribution in [0.5, 0.6) is 0 Å². The molecule has 6 nitrogen and oxygen atoms in total. The number of rotatable bonds is 8. The number of aromatic nitrogens is 4. The fraction of sp³-hybridized carbons (Fsp3) is 0.190. The van der Waals surface area contributed by atoms with Crippen molar-refractivity contribution in [2.75, 3.05) is 0 Å². The van der Waals surface area contributed by atoms with Gasteiger partial charge in [-0.05, 0) is 41.5 Å². The SMILES string of the molecule is c1ccc(CNCc2ccc3[nH]cnc3c2CNCc2ccccn2)nc1. The molecule has 0 aliphatic carbocycles. The monoisotopic (exact) mass is 358 g/mol. The van der Waals surface area contributed by atoms with E-state index >= 15 is 0 Å². The van der Waals surface area contributed by atoms with Crippen LogP contribution in [0.25, 0.3) is 11.0 Å². The van der Waals surface area contributed by atoms with E-state index in [1.807, 2.05) is 48.8 Å². The van der Waals surface area contributed by atoms with Crippen molar-refractivity contribution in [1.82, 2.24) is 30.6 Å². The summed E-state index contributed by atoms with van der Waals surface area (Å²) in [5.41, 5.74) is 6.57. The minimum Gasteiger partial charge on any atom is -0.345 e. The van der Waals surface area contributed by atoms with Crippen LogP contribution in [0.4, 0.5) is 0 Å². The van der Waals surface area contributed by atoms with Crippen molar-refractivity contribution in [2.24, 2.45) is 0 Å². The van der Waals surface area contributed by atoms with Crippen molar-refractivity contribution < 1.29 is 0 Å². The Kier molecular flexibility index (Phi) is 5.47. The molecule has 0 unspecified atom stereocenters. The first-order valence-electron chi connectivity index (χ1n) is 9.05. The number of fused-ring (bicyclic) bond motifs is 1. The Balaban J connectivity index is 1.45. The molecule has 0 saturated heterocycles. The van der Waals surface area contributed by atoms with Crippen molar-refractivity contribution >= 4 is 11.0 Å². The molecular formula is C21H22N6. The van der Waals surface area contributed by atoms with Gasteiger partial charge in [0, 0.05) is 38.6 Å². The summed E-state index contributed by atoms with van der Waals surface area (Å²) >= 11 is 0. The quantitative estimate of drug-likeness (QED) is 0.451. The van der Waals surface area contributed by atoms with Crippen molar-refractivity contribution in [3.05, 3.63) is 89.8 Å². The standard InChI is InChI=1S/C21H22N6/c1-3-9-24-17(5-1)12-22-11-16-7-8-20-21(27-15-26-20)19(16)14-23-13-18-6-2-4-10-25-18/h1-10,15,22-23H,11-14H2,(H,26,27). The predicted octanol–water partition coefficient (Wildman–Crippen LogP) is 2.93. The van der Waals surface area contributed by atoms with E-state index in [0.29, 0.717) is 0 Å². The summed E-state index contributed by atoms with van der Waals surface area (Å²) in [6, 6.07) is 16.2. The van der Waals surface area contributed by atoms with E-state index in [4.69, 9.17) is 0 Å². The summed E-state index contributed by atoms with van der Waals surface area (Å²) < 4.78 is 0. The Hall–Kier alpha value is -3.09. The van der Waals surface area contributed by atoms with Gasteiger partial charge in [0.05, 0.1) is 28.7 Å². The highest BCUT2D eigenvalue weighted by Crippen LogP contribution is 2.20. The smallest absolute Gasteiger partial charge is 0.0932 e. The molecule has 3 N–H and O–H groups in total. The van der Waals surface area contributed by atoms with E-state index in [1.165, 1.54) is 11.1 Å². The van der Waals surface area contributed by atoms with Gasteiger partial charge in [-0.3, -0.25) is 9.97 Å². The van der Waals surface area contributed by atoms with Crippen LogP contribution in [0.15, 0.2) is 67.3 Å². The number of benzene rings is 1. The van der Waals surface area contributed by atoms with Crippen LogP contribution in [0.2, 0.25) is 0 Å². The minimum atomic E-state index is 0.725. The third-order valence-corrected chi connectivity index (χ3v) is 4.48. The van der Waals surface area contributed by atoms with Gasteiger partial charge in [-0.15, -0.1) is 0 Å². The van der Waals surface area contributed by atoms with Crippen molar-refractivity contribution in [1.29, 1.82) is 0 Å². The number of pyridine rings is 2. The summed E-state index contributed by atoms with van der Waals surface area (Å²) in [6.45, 7) is 2.96. The van der Waals surface area contributed by atoms with Crippen LogP contribution in [0.3, 0.4) is 0 Å². The van der Waals surface area contributed by atoms with E-state index in [0.717, 1.165) is 48.6 Å². The number of hydrogen-bond acceptors (Lipinski definition) is 5. The zero-order chi connectivity index (χ0) is 18.3. The molecule has 136 valence electrons. The van der Waals surface area contributed by atoms with E-state index < -0.39 is 0 Å². The van der Waals surface area contributed by atoms with Crippen LogP contribution in [-0.2, 0) is 26.2 Å². The van der Waals surface area contributed by atoms with Gasteiger partial charge in [-0.1, -0.05) is 18.2 Å². The van der Waals surface area contributed by atoms with E-state index in [1.54, 1.807) is 6.33 Å². The summed E-state index contributed by atoms with van der Waals surface area (Å²) in [5, 5.41) is 6.97. The van der Waals surface area contributed by atoms with E-state index in [9.17, 15) is 0 Å². The van der Waals surface area contributed by atoms with Crippen LogP contribution in [-0.4, -0.2) is 19.9 Å². The number of H-pyrrole nitrogens is 1. The molecule has 3 heterocycles. The number of imidazole rings is 1. The van der Waals surface area contributed by atoms with Gasteiger partial charge in [0.25, 0.3) is 0 Å². The molecule has 0 fully saturated rings. The highest BCUT2D eigenvalue weighted by molar-refractivity contribution is 5.79. The maximum Gasteiger partial charge on any atom is 0.0932 e. The van der Waals surface area contributed by atoms with Gasteiger partial charge in [-0.2, -0.15) is 0 Å². The van der Waals surface area contributed by atoms with Gasteiger partial charge >= 0.3 is 0 Å². The average Bonchev–Trinajstić information content (AvgIpc) is 3.20. The summed E-state index contributed by atoms with van der Waals surface area (Å²) in [4.78, 5) is 16.4. The van der Waals surface area contributed by atoms with Gasteiger partial charge in [-0.25, -0.2) is 4.98 Å². The number of nitrogens with one attached hydrogen (secondary N) is 3. The van der Waals surface area contributed by atoms with Gasteiger partial charge in [0.1, 0.15) is 0 Å². The van der Waals surface area contributed by atoms with Crippen LogP contribution in [0.1, 0.15) is 22.5 Å². The van der Waals surface area contributed by atoms with Crippen LogP contribution in [0, 0.1) is 0 Å². The lowest BCUT2D eigenvalue weighted by molar-refractivity contribution is 0.651. The molecule has 3 aromatic heterocycles. The summed E-state index contributed by atoms with van der Waals surface area (Å²) in [5.74, 6) is 0. The molecule has 0 bridgehead atoms. The second-order valence-electron chi connectivity index (χ2n) is 6.35. The largest absolute Gasteiger partial charge is 0.345 e. The second-order valence-corrected chi connectivity index (χ2v) is 6.35. The molecule has 4 aromatic rings. The molecule has 1 aromatic carbocycles. The first-order chi connectivity index (χ1) is 13.4. The Labute approximate surface area is 158 Å². The van der Waals surface area contributed by atoms with Crippen molar-refractivity contribution in [2.45, 2.75) is 26.2 Å². The van der Waals surface area contributed by atoms with Gasteiger partial charge in [0.15, 0.2) is 0 Å². The Morgan fingerprint density at radius 2 is 1.41 bits per heavy atom. The predicted molar refractivity (Wildman–Crippen MR) is 106 cm³/mol. The lowest BCUT2D eigenvalue weighted by Gasteiger charge is -2.12. The number of aromatic amines is 1. The normalized spacial score (nSPS) is 11.1. The fourth-order valence-electron chi connectivity index (χ4n) is 3.12. The Morgan fingerprint density at radius 1 is 0.704 bits per heavy atom. The molecule has 4 rings (SSSR count). The molecular weight excluding hydrogens is 336 g/mol. The molecule has 0 aliphatic rings. The molecule has 0 spiro atoms. The van der Waals surface area contributed by atoms with Gasteiger partial charge < -0.3 is 15.6 Å². The topological polar surface area (TPSA) is 78.5 Å². The van der Waals surface area contributed by atoms with Crippen molar-refractivity contribution in [3.63, 3.8) is 0 Å². The van der Waals surface area contributed by atoms with Gasteiger partial charge in [0.2, 0.25) is 0 Å². The third kappa shape index (κ3) is 4.36. The third-order valence-electron chi connectivity index (χ3n) is 4.48. The maximum absolute atomic E-state index is 4.52. The average molecular weight is 358 g/mol. The molecule has 0 atom stereocenters. The summed E-state index contributed by atoms with van der Waals surface area (Å²) in [7, 11) is 0. The van der Waals surface area contributed by atoms with Crippen LogP contribution >= 0.6 is 0 Å². The Morgan fingerprint density at radius 3 is 2.07 bits per heavy atom. The zero-order valence-electron chi connectivity index (χ0n) is 15.0. The molecule has 0 aliphatic heterocycles. The maximum atomic E-state index is 4.52. The number of hydrogen-bond donors (Lipinski definition) is 3. The Bertz CT molecular complexity index is 981. The zero-order valence-corrected chi connectivity index (χ0v) is 15.0. The lowest BCUT2D eigenvalue weighted by atomic mass is 10.0. The summed E-state index contributed by atoms with van der Waals surface area (Å²) in [6.07, 6.45) is 5.39. The first kappa shape index (κ1) is 17.3. The van der Waals surface area contributed by atoms with Crippen LogP contribution < -0.4 is 10.6 Å². The molecule has 6 heteroatoms. The molecule has 0 radical (unpaired) electrons. The lowest BCUT2D eigenvalue weighted by Crippen LogP contribution is -2.19. The minimum absolute atomic E-state index is 0.725. The second kappa shape index (κ2) is 8.53. The van der Waals surface area contributed by atoms with E-state index in [2.05, 4.69) is 42.7 Å². The molecule has 0 amide bonds. The molecule has 0 saturated carbocycles. The highest BCUT2D eigenvalue weighted by atomic mass is 14.9. The fourth-order valence-corrected chi connectivity index (χ4v) is 3.12. The number of nitrogens with zero attached hydrogens (tertiary/aromatic N) is 3. The van der Waals surface area contributed by atoms with E-state index in [-0.39, 0.29) is 0 Å². The molecule has 27 heavy (non-hydrogen) atoms.